The van der Waals surface area contributed by atoms with E-state index in [2.05, 4.69) is 35.8 Å². The average Bonchev–Trinajstić information content (AvgIpc) is 3.04. The molecule has 2 aromatic heterocycles. The molecule has 11 heteroatoms. The van der Waals surface area contributed by atoms with Crippen molar-refractivity contribution in [3.63, 3.8) is 0 Å². The first kappa shape index (κ1) is 29.0. The van der Waals surface area contributed by atoms with E-state index in [1.807, 2.05) is 31.2 Å². The third kappa shape index (κ3) is 7.08. The molecule has 0 unspecified atom stereocenters. The van der Waals surface area contributed by atoms with Gasteiger partial charge >= 0.3 is 0 Å². The fourth-order valence-corrected chi connectivity index (χ4v) is 4.86. The number of carbonyl (C=O) groups excluding carboxylic acids is 1. The summed E-state index contributed by atoms with van der Waals surface area (Å²) in [5.41, 5.74) is 3.00. The molecule has 1 amide bonds. The lowest BCUT2D eigenvalue weighted by Gasteiger charge is -2.26. The van der Waals surface area contributed by atoms with Gasteiger partial charge in [-0.15, -0.1) is 0 Å². The van der Waals surface area contributed by atoms with Crippen molar-refractivity contribution in [1.29, 1.82) is 0 Å². The fraction of sp³-hybridized carbons (Fsp3) is 0.212. The van der Waals surface area contributed by atoms with E-state index in [1.165, 1.54) is 18.5 Å². The van der Waals surface area contributed by atoms with Gasteiger partial charge in [-0.25, -0.2) is 19.3 Å². The summed E-state index contributed by atoms with van der Waals surface area (Å²) in [5.74, 6) is 1.78. The second-order valence-corrected chi connectivity index (χ2v) is 10.4. The van der Waals surface area contributed by atoms with E-state index in [9.17, 15) is 9.18 Å². The molecule has 1 aliphatic rings. The number of pyridine rings is 1. The summed E-state index contributed by atoms with van der Waals surface area (Å²) in [5, 5.41) is 10.2. The van der Waals surface area contributed by atoms with Crippen LogP contribution in [-0.4, -0.2) is 65.2 Å². The third-order valence-corrected chi connectivity index (χ3v) is 7.26. The van der Waals surface area contributed by atoms with E-state index in [1.54, 1.807) is 42.6 Å². The number of hydrogen-bond acceptors (Lipinski definition) is 9. The van der Waals surface area contributed by atoms with Crippen LogP contribution in [0.3, 0.4) is 0 Å². The first-order valence-corrected chi connectivity index (χ1v) is 14.4. The molecule has 0 bridgehead atoms. The van der Waals surface area contributed by atoms with Gasteiger partial charge in [0.15, 0.2) is 0 Å². The minimum atomic E-state index is -0.490. The van der Waals surface area contributed by atoms with Crippen LogP contribution in [0.1, 0.15) is 15.9 Å². The Morgan fingerprint density at radius 1 is 1.00 bits per heavy atom. The Bertz CT molecular complexity index is 1760. The Labute approximate surface area is 254 Å². The highest BCUT2D eigenvalue weighted by Crippen LogP contribution is 2.30. The summed E-state index contributed by atoms with van der Waals surface area (Å²) < 4.78 is 25.4. The molecule has 3 N–H and O–H groups in total. The standard InChI is InChI=1S/C33H32FN7O3/c1-22-18-24(8-11-30(22)44-25-9-6-23(7-10-25)33(42)40-28-5-3-2-4-27(28)34)39-32-26-19-31(36-20-29(26)37-21-38-32)35-12-13-41-14-16-43-17-15-41/h2-11,18-21H,12-17H2,1H3,(H,35,36)(H,40,42)(H,37,38,39). The number of carbonyl (C=O) groups is 1. The predicted octanol–water partition coefficient (Wildman–Crippen LogP) is 6.00. The smallest absolute Gasteiger partial charge is 0.255 e. The topological polar surface area (TPSA) is 114 Å². The van der Waals surface area contributed by atoms with E-state index >= 15 is 0 Å². The monoisotopic (exact) mass is 593 g/mol. The maximum absolute atomic E-state index is 13.9. The predicted molar refractivity (Wildman–Crippen MR) is 168 cm³/mol. The molecule has 0 radical (unpaired) electrons. The zero-order valence-corrected chi connectivity index (χ0v) is 24.2. The lowest BCUT2D eigenvalue weighted by molar-refractivity contribution is 0.0398. The zero-order valence-electron chi connectivity index (χ0n) is 24.2. The van der Waals surface area contributed by atoms with Crippen LogP contribution in [0.2, 0.25) is 0 Å². The number of aromatic nitrogens is 3. The van der Waals surface area contributed by atoms with Crippen LogP contribution >= 0.6 is 0 Å². The molecule has 0 saturated carbocycles. The molecule has 3 aromatic carbocycles. The largest absolute Gasteiger partial charge is 0.457 e. The Morgan fingerprint density at radius 3 is 2.61 bits per heavy atom. The van der Waals surface area contributed by atoms with Crippen LogP contribution in [0.5, 0.6) is 11.5 Å². The number of benzene rings is 3. The number of hydrogen-bond donors (Lipinski definition) is 3. The summed E-state index contributed by atoms with van der Waals surface area (Å²) in [7, 11) is 0. The second kappa shape index (κ2) is 13.4. The van der Waals surface area contributed by atoms with Crippen LogP contribution in [0.25, 0.3) is 10.9 Å². The first-order chi connectivity index (χ1) is 21.5. The number of fused-ring (bicyclic) bond motifs is 1. The van der Waals surface area contributed by atoms with Crippen molar-refractivity contribution in [2.24, 2.45) is 0 Å². The van der Waals surface area contributed by atoms with E-state index in [-0.39, 0.29) is 5.69 Å². The molecule has 6 rings (SSSR count). The van der Waals surface area contributed by atoms with Gasteiger partial charge in [-0.1, -0.05) is 12.1 Å². The summed E-state index contributed by atoms with van der Waals surface area (Å²) in [6.45, 7) is 7.10. The van der Waals surface area contributed by atoms with Crippen molar-refractivity contribution < 1.29 is 18.7 Å². The van der Waals surface area contributed by atoms with Crippen LogP contribution in [0.4, 0.5) is 27.4 Å². The van der Waals surface area contributed by atoms with Gasteiger partial charge in [0.25, 0.3) is 5.91 Å². The van der Waals surface area contributed by atoms with Crippen molar-refractivity contribution in [2.45, 2.75) is 6.92 Å². The fourth-order valence-electron chi connectivity index (χ4n) is 4.86. The molecular formula is C33H32FN7O3. The third-order valence-electron chi connectivity index (χ3n) is 7.26. The molecule has 0 spiro atoms. The molecule has 5 aromatic rings. The quantitative estimate of drug-likeness (QED) is 0.179. The van der Waals surface area contributed by atoms with Gasteiger partial charge in [-0.3, -0.25) is 9.69 Å². The van der Waals surface area contributed by atoms with Crippen LogP contribution in [-0.2, 0) is 4.74 Å². The minimum absolute atomic E-state index is 0.130. The van der Waals surface area contributed by atoms with Crippen molar-refractivity contribution in [3.05, 3.63) is 102 Å². The van der Waals surface area contributed by atoms with Gasteiger partial charge in [0.2, 0.25) is 0 Å². The highest BCUT2D eigenvalue weighted by Gasteiger charge is 2.12. The molecule has 10 nitrogen and oxygen atoms in total. The number of aryl methyl sites for hydroxylation is 1. The Balaban J connectivity index is 1.09. The molecule has 0 aliphatic carbocycles. The number of ether oxygens (including phenoxy) is 2. The van der Waals surface area contributed by atoms with E-state index < -0.39 is 11.7 Å². The molecule has 44 heavy (non-hydrogen) atoms. The Kier molecular flexibility index (Phi) is 8.85. The number of amides is 1. The van der Waals surface area contributed by atoms with E-state index in [0.717, 1.165) is 67.4 Å². The molecule has 1 fully saturated rings. The van der Waals surface area contributed by atoms with Gasteiger partial charge in [0.05, 0.1) is 30.6 Å². The van der Waals surface area contributed by atoms with Gasteiger partial charge in [0.1, 0.15) is 35.3 Å². The molecule has 224 valence electrons. The highest BCUT2D eigenvalue weighted by atomic mass is 19.1. The van der Waals surface area contributed by atoms with Crippen LogP contribution < -0.4 is 20.7 Å². The van der Waals surface area contributed by atoms with Crippen LogP contribution in [0.15, 0.2) is 85.3 Å². The van der Waals surface area contributed by atoms with Gasteiger partial charge in [0, 0.05) is 42.8 Å². The number of nitrogens with zero attached hydrogens (tertiary/aromatic N) is 4. The van der Waals surface area contributed by atoms with E-state index in [4.69, 9.17) is 9.47 Å². The normalized spacial score (nSPS) is 13.4. The number of rotatable bonds is 10. The van der Waals surface area contributed by atoms with Crippen molar-refractivity contribution in [3.8, 4) is 11.5 Å². The van der Waals surface area contributed by atoms with E-state index in [0.29, 0.717) is 22.9 Å². The minimum Gasteiger partial charge on any atom is -0.457 e. The molecule has 1 aliphatic heterocycles. The maximum Gasteiger partial charge on any atom is 0.255 e. The summed E-state index contributed by atoms with van der Waals surface area (Å²) in [6, 6.07) is 20.4. The number of halogens is 1. The lowest BCUT2D eigenvalue weighted by atomic mass is 10.1. The maximum atomic E-state index is 13.9. The zero-order chi connectivity index (χ0) is 30.3. The number of para-hydroxylation sites is 1. The second-order valence-electron chi connectivity index (χ2n) is 10.4. The van der Waals surface area contributed by atoms with Gasteiger partial charge < -0.3 is 25.4 Å². The summed E-state index contributed by atoms with van der Waals surface area (Å²) >= 11 is 0. The van der Waals surface area contributed by atoms with Gasteiger partial charge in [-0.05, 0) is 73.2 Å². The van der Waals surface area contributed by atoms with Crippen molar-refractivity contribution >= 4 is 39.8 Å². The first-order valence-electron chi connectivity index (χ1n) is 14.4. The summed E-state index contributed by atoms with van der Waals surface area (Å²) in [6.07, 6.45) is 3.26. The molecular weight excluding hydrogens is 561 g/mol. The van der Waals surface area contributed by atoms with Gasteiger partial charge in [-0.2, -0.15) is 0 Å². The molecule has 3 heterocycles. The Hall–Kier alpha value is -5.13. The van der Waals surface area contributed by atoms with Crippen molar-refractivity contribution in [2.75, 3.05) is 55.3 Å². The Morgan fingerprint density at radius 2 is 1.82 bits per heavy atom. The van der Waals surface area contributed by atoms with Crippen molar-refractivity contribution in [1.82, 2.24) is 19.9 Å². The molecule has 1 saturated heterocycles. The number of anilines is 4. The molecule has 0 atom stereocenters. The summed E-state index contributed by atoms with van der Waals surface area (Å²) in [4.78, 5) is 28.3. The number of nitrogens with one attached hydrogen (secondary N) is 3. The number of morpholine rings is 1. The SMILES string of the molecule is Cc1cc(Nc2ncnc3cnc(NCCN4CCOCC4)cc23)ccc1Oc1ccc(C(=O)Nc2ccccc2F)cc1. The highest BCUT2D eigenvalue weighted by molar-refractivity contribution is 6.04. The lowest BCUT2D eigenvalue weighted by Crippen LogP contribution is -2.39. The van der Waals surface area contributed by atoms with Crippen LogP contribution in [0, 0.1) is 12.7 Å². The average molecular weight is 594 g/mol.